The summed E-state index contributed by atoms with van der Waals surface area (Å²) in [6, 6.07) is 12.3. The molecule has 1 aliphatic rings. The average molecular weight is 537 g/mol. The van der Waals surface area contributed by atoms with Crippen LogP contribution in [0, 0.1) is 6.92 Å². The van der Waals surface area contributed by atoms with Crippen LogP contribution in [-0.2, 0) is 11.2 Å². The molecule has 2 aromatic carbocycles. The van der Waals surface area contributed by atoms with Gasteiger partial charge >= 0.3 is 0 Å². The van der Waals surface area contributed by atoms with Gasteiger partial charge in [-0.15, -0.1) is 0 Å². The van der Waals surface area contributed by atoms with E-state index >= 15 is 0 Å². The lowest BCUT2D eigenvalue weighted by Gasteiger charge is -2.24. The topological polar surface area (TPSA) is 99.0 Å². The van der Waals surface area contributed by atoms with Crippen LogP contribution in [0.4, 0.5) is 5.69 Å². The third kappa shape index (κ3) is 5.54. The number of fused-ring (bicyclic) bond motifs is 1. The Labute approximate surface area is 225 Å². The van der Waals surface area contributed by atoms with Crippen LogP contribution >= 0.6 is 11.6 Å². The minimum absolute atomic E-state index is 0.0818. The van der Waals surface area contributed by atoms with E-state index in [1.54, 1.807) is 50.6 Å². The number of anilines is 1. The zero-order valence-electron chi connectivity index (χ0n) is 21.7. The monoisotopic (exact) mass is 536 g/mol. The van der Waals surface area contributed by atoms with Gasteiger partial charge in [0.25, 0.3) is 0 Å². The van der Waals surface area contributed by atoms with E-state index in [1.807, 2.05) is 12.1 Å². The van der Waals surface area contributed by atoms with Gasteiger partial charge in [0.2, 0.25) is 5.91 Å². The predicted octanol–water partition coefficient (Wildman–Crippen LogP) is 5.64. The molecule has 2 heterocycles. The first-order valence-corrected chi connectivity index (χ1v) is 12.6. The molecule has 2 aromatic heterocycles. The van der Waals surface area contributed by atoms with Crippen LogP contribution in [0.2, 0.25) is 5.02 Å². The molecule has 1 aliphatic carbocycles. The number of aromatic nitrogens is 2. The quantitative estimate of drug-likeness (QED) is 0.278. The van der Waals surface area contributed by atoms with Crippen molar-refractivity contribution in [1.82, 2.24) is 15.0 Å². The molecule has 0 atom stereocenters. The van der Waals surface area contributed by atoms with Gasteiger partial charge in [0.15, 0.2) is 11.5 Å². The molecule has 38 heavy (non-hydrogen) atoms. The summed E-state index contributed by atoms with van der Waals surface area (Å²) >= 11 is 6.45. The lowest BCUT2D eigenvalue weighted by Crippen LogP contribution is -2.35. The second-order valence-corrected chi connectivity index (χ2v) is 10.0. The van der Waals surface area contributed by atoms with Crippen LogP contribution in [0.15, 0.2) is 53.2 Å². The van der Waals surface area contributed by atoms with Crippen LogP contribution in [0.25, 0.3) is 10.9 Å². The van der Waals surface area contributed by atoms with Crippen LogP contribution in [0.3, 0.4) is 0 Å². The third-order valence-corrected chi connectivity index (χ3v) is 7.03. The van der Waals surface area contributed by atoms with E-state index in [-0.39, 0.29) is 17.9 Å². The second-order valence-electron chi connectivity index (χ2n) is 9.63. The molecule has 0 radical (unpaired) electrons. The largest absolute Gasteiger partial charge is 0.493 e. The zero-order chi connectivity index (χ0) is 26.9. The molecule has 1 saturated carbocycles. The molecule has 0 unspecified atom stereocenters. The van der Waals surface area contributed by atoms with Crippen LogP contribution < -0.4 is 19.5 Å². The molecule has 5 rings (SSSR count). The maximum absolute atomic E-state index is 12.4. The van der Waals surface area contributed by atoms with Crippen LogP contribution in [-0.4, -0.2) is 54.3 Å². The summed E-state index contributed by atoms with van der Waals surface area (Å²) in [5.41, 5.74) is 1.82. The summed E-state index contributed by atoms with van der Waals surface area (Å²) in [5.74, 6) is 2.73. The molecule has 0 spiro atoms. The molecule has 10 heteroatoms. The van der Waals surface area contributed by atoms with Gasteiger partial charge in [-0.05, 0) is 58.1 Å². The Morgan fingerprint density at radius 1 is 1.13 bits per heavy atom. The number of carbonyl (C=O) groups is 1. The van der Waals surface area contributed by atoms with Gasteiger partial charge in [0, 0.05) is 29.8 Å². The summed E-state index contributed by atoms with van der Waals surface area (Å²) in [4.78, 5) is 19.1. The molecule has 9 nitrogen and oxygen atoms in total. The summed E-state index contributed by atoms with van der Waals surface area (Å²) in [6.45, 7) is 2.35. The molecule has 1 N–H and O–H groups in total. The smallest absolute Gasteiger partial charge is 0.230 e. The van der Waals surface area contributed by atoms with Gasteiger partial charge in [0.05, 0.1) is 41.0 Å². The Bertz CT molecular complexity index is 1480. The number of ether oxygens (including phenoxy) is 3. The number of aryl methyl sites for hydroxylation is 1. The predicted molar refractivity (Wildman–Crippen MR) is 145 cm³/mol. The van der Waals surface area contributed by atoms with Crippen LogP contribution in [0.5, 0.6) is 23.0 Å². The van der Waals surface area contributed by atoms with Crippen molar-refractivity contribution in [3.8, 4) is 23.0 Å². The minimum atomic E-state index is -0.252. The van der Waals surface area contributed by atoms with E-state index in [2.05, 4.69) is 34.5 Å². The fourth-order valence-corrected chi connectivity index (χ4v) is 4.43. The normalized spacial score (nSPS) is 13.9. The number of rotatable bonds is 10. The molecule has 4 aromatic rings. The van der Waals surface area contributed by atoms with Crippen molar-refractivity contribution >= 4 is 34.1 Å². The van der Waals surface area contributed by atoms with Crippen molar-refractivity contribution < 1.29 is 23.5 Å². The van der Waals surface area contributed by atoms with Gasteiger partial charge in [-0.3, -0.25) is 9.78 Å². The highest BCUT2D eigenvalue weighted by molar-refractivity contribution is 6.33. The first-order valence-electron chi connectivity index (χ1n) is 12.2. The fraction of sp³-hybridized carbons (Fsp3) is 0.321. The van der Waals surface area contributed by atoms with Crippen molar-refractivity contribution in [2.75, 3.05) is 33.1 Å². The Hall–Kier alpha value is -3.82. The zero-order valence-corrected chi connectivity index (χ0v) is 22.5. The van der Waals surface area contributed by atoms with E-state index in [1.165, 1.54) is 0 Å². The Morgan fingerprint density at radius 2 is 1.95 bits per heavy atom. The second kappa shape index (κ2) is 10.5. The van der Waals surface area contributed by atoms with E-state index < -0.39 is 0 Å². The lowest BCUT2D eigenvalue weighted by molar-refractivity contribution is -0.115. The number of benzene rings is 2. The van der Waals surface area contributed by atoms with E-state index in [0.29, 0.717) is 57.3 Å². The Balaban J connectivity index is 1.32. The molecule has 1 amide bonds. The molecule has 0 bridgehead atoms. The average Bonchev–Trinajstić information content (AvgIpc) is 3.59. The van der Waals surface area contributed by atoms with E-state index in [4.69, 9.17) is 30.3 Å². The number of halogens is 1. The van der Waals surface area contributed by atoms with E-state index in [0.717, 1.165) is 18.2 Å². The summed E-state index contributed by atoms with van der Waals surface area (Å²) < 4.78 is 23.0. The molecular weight excluding hydrogens is 508 g/mol. The Kier molecular flexibility index (Phi) is 7.14. The number of likely N-dealkylation sites (N-methyl/N-ethyl adjacent to an activating group) is 1. The number of hydrogen-bond acceptors (Lipinski definition) is 8. The summed E-state index contributed by atoms with van der Waals surface area (Å²) in [5, 5.41) is 7.74. The lowest BCUT2D eigenvalue weighted by atomic mass is 10.1. The highest BCUT2D eigenvalue weighted by atomic mass is 35.5. The summed E-state index contributed by atoms with van der Waals surface area (Å²) in [6.07, 6.45) is 3.98. The number of methoxy groups -OCH3 is 1. The molecule has 0 aliphatic heterocycles. The SMILES string of the molecule is COc1cc2c(Oc3ccc(NC(=O)Cc4cc(C)on4)c(Cl)c3)ccnc2cc1OCC1(N(C)C)CC1. The number of nitrogens with one attached hydrogen (secondary N) is 1. The van der Waals surface area contributed by atoms with Crippen molar-refractivity contribution in [3.63, 3.8) is 0 Å². The van der Waals surface area contributed by atoms with Crippen molar-refractivity contribution in [3.05, 3.63) is 65.1 Å². The van der Waals surface area contributed by atoms with Crippen molar-refractivity contribution in [1.29, 1.82) is 0 Å². The highest BCUT2D eigenvalue weighted by Gasteiger charge is 2.45. The third-order valence-electron chi connectivity index (χ3n) is 6.72. The van der Waals surface area contributed by atoms with Crippen LogP contribution in [0.1, 0.15) is 24.3 Å². The number of amides is 1. The minimum Gasteiger partial charge on any atom is -0.493 e. The van der Waals surface area contributed by atoms with Gasteiger partial charge < -0.3 is 29.0 Å². The number of nitrogens with zero attached hydrogens (tertiary/aromatic N) is 3. The van der Waals surface area contributed by atoms with Crippen molar-refractivity contribution in [2.24, 2.45) is 0 Å². The number of carbonyl (C=O) groups excluding carboxylic acids is 1. The van der Waals surface area contributed by atoms with E-state index in [9.17, 15) is 4.79 Å². The standard InChI is InChI=1S/C28H29ClN4O5/c1-17-11-18(32-38-17)12-27(34)31-22-6-5-19(13-21(22)29)37-24-7-10-30-23-15-26(25(35-4)14-20(23)24)36-16-28(8-9-28)33(2)3/h5-7,10-11,13-15H,8-9,12,16H2,1-4H3,(H,31,34). The van der Waals surface area contributed by atoms with Gasteiger partial charge in [-0.1, -0.05) is 16.8 Å². The van der Waals surface area contributed by atoms with Gasteiger partial charge in [-0.25, -0.2) is 0 Å². The maximum Gasteiger partial charge on any atom is 0.230 e. The fourth-order valence-electron chi connectivity index (χ4n) is 4.21. The van der Waals surface area contributed by atoms with Gasteiger partial charge in [0.1, 0.15) is 23.9 Å². The van der Waals surface area contributed by atoms with Gasteiger partial charge in [-0.2, -0.15) is 0 Å². The molecule has 1 fully saturated rings. The Morgan fingerprint density at radius 3 is 2.61 bits per heavy atom. The summed E-state index contributed by atoms with van der Waals surface area (Å²) in [7, 11) is 5.76. The number of hydrogen-bond donors (Lipinski definition) is 1. The first kappa shape index (κ1) is 25.8. The highest BCUT2D eigenvalue weighted by Crippen LogP contribution is 2.43. The number of pyridine rings is 1. The molecular formula is C28H29ClN4O5. The molecule has 0 saturated heterocycles. The first-order chi connectivity index (χ1) is 18.3. The van der Waals surface area contributed by atoms with Crippen molar-refractivity contribution in [2.45, 2.75) is 31.7 Å². The molecule has 198 valence electrons. The maximum atomic E-state index is 12.4.